The largest absolute Gasteiger partial charge is 0.329 e. The van der Waals surface area contributed by atoms with Gasteiger partial charge < -0.3 is 11.1 Å². The number of nitrogens with two attached hydrogens (primary N) is 1. The maximum absolute atomic E-state index is 5.35. The zero-order valence-corrected chi connectivity index (χ0v) is 6.60. The van der Waals surface area contributed by atoms with Gasteiger partial charge in [-0.3, -0.25) is 0 Å². The van der Waals surface area contributed by atoms with Crippen molar-refractivity contribution >= 4 is 0 Å². The first-order valence-electron chi connectivity index (χ1n) is 4.34. The quantitative estimate of drug-likeness (QED) is 0.568. The van der Waals surface area contributed by atoms with Crippen molar-refractivity contribution in [1.82, 2.24) is 5.32 Å². The molecule has 0 spiro atoms. The lowest BCUT2D eigenvalue weighted by Crippen LogP contribution is -2.26. The van der Waals surface area contributed by atoms with E-state index in [4.69, 9.17) is 5.73 Å². The molecule has 10 heavy (non-hydrogen) atoms. The average Bonchev–Trinajstić information content (AvgIpc) is 2.41. The van der Waals surface area contributed by atoms with Crippen LogP contribution in [-0.4, -0.2) is 19.6 Å². The van der Waals surface area contributed by atoms with E-state index in [1.165, 1.54) is 32.2 Å². The molecule has 0 radical (unpaired) electrons. The number of rotatable bonds is 4. The molecule has 0 heterocycles. The first-order chi connectivity index (χ1) is 4.93. The van der Waals surface area contributed by atoms with Crippen molar-refractivity contribution in [3.8, 4) is 0 Å². The molecule has 0 aromatic rings. The van der Waals surface area contributed by atoms with E-state index in [0.29, 0.717) is 0 Å². The van der Waals surface area contributed by atoms with E-state index in [9.17, 15) is 0 Å². The summed E-state index contributed by atoms with van der Waals surface area (Å²) in [6.45, 7) is 2.94. The van der Waals surface area contributed by atoms with E-state index >= 15 is 0 Å². The summed E-state index contributed by atoms with van der Waals surface area (Å²) in [5.41, 5.74) is 5.35. The van der Waals surface area contributed by atoms with Crippen molar-refractivity contribution < 1.29 is 0 Å². The molecule has 1 aliphatic rings. The highest BCUT2D eigenvalue weighted by atomic mass is 14.9. The van der Waals surface area contributed by atoms with Crippen molar-refractivity contribution in [2.45, 2.75) is 25.7 Å². The van der Waals surface area contributed by atoms with E-state index < -0.39 is 0 Å². The molecule has 0 aromatic heterocycles. The fourth-order valence-corrected chi connectivity index (χ4v) is 1.62. The van der Waals surface area contributed by atoms with Crippen LogP contribution in [0.2, 0.25) is 0 Å². The lowest BCUT2D eigenvalue weighted by molar-refractivity contribution is 0.494. The molecule has 1 rings (SSSR count). The van der Waals surface area contributed by atoms with Crippen LogP contribution in [0.3, 0.4) is 0 Å². The predicted molar refractivity (Wildman–Crippen MR) is 43.9 cm³/mol. The number of nitrogens with one attached hydrogen (secondary N) is 1. The zero-order chi connectivity index (χ0) is 7.23. The normalized spacial score (nSPS) is 20.1. The van der Waals surface area contributed by atoms with E-state index in [1.54, 1.807) is 0 Å². The Morgan fingerprint density at radius 1 is 1.30 bits per heavy atom. The summed E-state index contributed by atoms with van der Waals surface area (Å²) < 4.78 is 0. The second kappa shape index (κ2) is 4.69. The first-order valence-corrected chi connectivity index (χ1v) is 4.34. The van der Waals surface area contributed by atoms with Crippen LogP contribution in [0.1, 0.15) is 25.7 Å². The standard InChI is InChI=1S/C8H18N2/c9-5-6-10-7-8-3-1-2-4-8/h8,10H,1-7,9H2. The highest BCUT2D eigenvalue weighted by Gasteiger charge is 2.13. The van der Waals surface area contributed by atoms with Gasteiger partial charge in [0.1, 0.15) is 0 Å². The monoisotopic (exact) mass is 142 g/mol. The second-order valence-electron chi connectivity index (χ2n) is 3.14. The van der Waals surface area contributed by atoms with Gasteiger partial charge in [0, 0.05) is 13.1 Å². The molecular formula is C8H18N2. The van der Waals surface area contributed by atoms with E-state index in [1.807, 2.05) is 0 Å². The summed E-state index contributed by atoms with van der Waals surface area (Å²) in [5.74, 6) is 0.951. The van der Waals surface area contributed by atoms with Gasteiger partial charge in [-0.2, -0.15) is 0 Å². The van der Waals surface area contributed by atoms with Gasteiger partial charge >= 0.3 is 0 Å². The second-order valence-corrected chi connectivity index (χ2v) is 3.14. The maximum atomic E-state index is 5.35. The van der Waals surface area contributed by atoms with Crippen LogP contribution in [-0.2, 0) is 0 Å². The molecule has 60 valence electrons. The molecule has 0 aliphatic heterocycles. The molecule has 0 saturated heterocycles. The fraction of sp³-hybridized carbons (Fsp3) is 1.00. The number of hydrogen-bond donors (Lipinski definition) is 2. The lowest BCUT2D eigenvalue weighted by atomic mass is 10.1. The first kappa shape index (κ1) is 8.02. The van der Waals surface area contributed by atoms with Crippen LogP contribution in [0.25, 0.3) is 0 Å². The minimum Gasteiger partial charge on any atom is -0.329 e. The summed E-state index contributed by atoms with van der Waals surface area (Å²) in [5, 5.41) is 3.35. The van der Waals surface area contributed by atoms with Gasteiger partial charge in [0.05, 0.1) is 0 Å². The van der Waals surface area contributed by atoms with Crippen LogP contribution in [0.5, 0.6) is 0 Å². The maximum Gasteiger partial charge on any atom is 0.00746 e. The summed E-state index contributed by atoms with van der Waals surface area (Å²) in [6.07, 6.45) is 5.74. The third-order valence-corrected chi connectivity index (χ3v) is 2.23. The highest BCUT2D eigenvalue weighted by molar-refractivity contribution is 4.69. The van der Waals surface area contributed by atoms with Gasteiger partial charge in [-0.25, -0.2) is 0 Å². The molecule has 0 unspecified atom stereocenters. The molecular weight excluding hydrogens is 124 g/mol. The molecule has 0 aromatic carbocycles. The fourth-order valence-electron chi connectivity index (χ4n) is 1.62. The topological polar surface area (TPSA) is 38.0 Å². The highest BCUT2D eigenvalue weighted by Crippen LogP contribution is 2.23. The van der Waals surface area contributed by atoms with Gasteiger partial charge in [-0.05, 0) is 25.3 Å². The molecule has 0 bridgehead atoms. The lowest BCUT2D eigenvalue weighted by Gasteiger charge is -2.08. The van der Waals surface area contributed by atoms with E-state index in [2.05, 4.69) is 5.32 Å². The van der Waals surface area contributed by atoms with Gasteiger partial charge in [-0.15, -0.1) is 0 Å². The molecule has 1 saturated carbocycles. The van der Waals surface area contributed by atoms with Crippen molar-refractivity contribution in [3.05, 3.63) is 0 Å². The van der Waals surface area contributed by atoms with Gasteiger partial charge in [0.25, 0.3) is 0 Å². The van der Waals surface area contributed by atoms with Gasteiger partial charge in [-0.1, -0.05) is 12.8 Å². The molecule has 1 aliphatic carbocycles. The molecule has 0 atom stereocenters. The van der Waals surface area contributed by atoms with E-state index in [-0.39, 0.29) is 0 Å². The van der Waals surface area contributed by atoms with Crippen LogP contribution in [0.15, 0.2) is 0 Å². The van der Waals surface area contributed by atoms with Crippen molar-refractivity contribution in [1.29, 1.82) is 0 Å². The van der Waals surface area contributed by atoms with Crippen molar-refractivity contribution in [2.75, 3.05) is 19.6 Å². The molecule has 0 amide bonds. The summed E-state index contributed by atoms with van der Waals surface area (Å²) in [7, 11) is 0. The molecule has 2 heteroatoms. The van der Waals surface area contributed by atoms with E-state index in [0.717, 1.165) is 19.0 Å². The Labute approximate surface area is 63.2 Å². The Kier molecular flexibility index (Phi) is 3.76. The van der Waals surface area contributed by atoms with Gasteiger partial charge in [0.15, 0.2) is 0 Å². The molecule has 1 fully saturated rings. The third-order valence-electron chi connectivity index (χ3n) is 2.23. The summed E-state index contributed by atoms with van der Waals surface area (Å²) >= 11 is 0. The minimum absolute atomic E-state index is 0.771. The zero-order valence-electron chi connectivity index (χ0n) is 6.60. The summed E-state index contributed by atoms with van der Waals surface area (Å²) in [6, 6.07) is 0. The van der Waals surface area contributed by atoms with Crippen LogP contribution < -0.4 is 11.1 Å². The van der Waals surface area contributed by atoms with Crippen molar-refractivity contribution in [3.63, 3.8) is 0 Å². The van der Waals surface area contributed by atoms with Crippen LogP contribution in [0, 0.1) is 5.92 Å². The third kappa shape index (κ3) is 2.67. The predicted octanol–water partition coefficient (Wildman–Crippen LogP) is 0.725. The Bertz CT molecular complexity index is 77.3. The Morgan fingerprint density at radius 2 is 2.00 bits per heavy atom. The Hall–Kier alpha value is -0.0800. The average molecular weight is 142 g/mol. The Morgan fingerprint density at radius 3 is 2.60 bits per heavy atom. The summed E-state index contributed by atoms with van der Waals surface area (Å²) in [4.78, 5) is 0. The Balaban J connectivity index is 1.91. The smallest absolute Gasteiger partial charge is 0.00746 e. The van der Waals surface area contributed by atoms with Crippen LogP contribution in [0.4, 0.5) is 0 Å². The van der Waals surface area contributed by atoms with Gasteiger partial charge in [0.2, 0.25) is 0 Å². The molecule has 3 N–H and O–H groups in total. The SMILES string of the molecule is NCCNCC1CCCC1. The van der Waals surface area contributed by atoms with Crippen molar-refractivity contribution in [2.24, 2.45) is 11.7 Å². The minimum atomic E-state index is 0.771. The number of hydrogen-bond acceptors (Lipinski definition) is 2. The van der Waals surface area contributed by atoms with Crippen LogP contribution >= 0.6 is 0 Å². The molecule has 2 nitrogen and oxygen atoms in total.